The Kier molecular flexibility index (Phi) is 2.82. The second-order valence-electron chi connectivity index (χ2n) is 5.70. The van der Waals surface area contributed by atoms with Crippen molar-refractivity contribution in [1.82, 2.24) is 4.90 Å². The Morgan fingerprint density at radius 2 is 1.92 bits per heavy atom. The molecule has 0 amide bonds. The highest BCUT2D eigenvalue weighted by Gasteiger charge is 2.29. The third-order valence-corrected chi connectivity index (χ3v) is 2.75. The van der Waals surface area contributed by atoms with Crippen LogP contribution in [0.4, 0.5) is 0 Å². The fraction of sp³-hybridized carbons (Fsp3) is 1.00. The molecule has 0 bridgehead atoms. The Morgan fingerprint density at radius 1 is 1.33 bits per heavy atom. The van der Waals surface area contributed by atoms with Crippen molar-refractivity contribution in [2.45, 2.75) is 46.6 Å². The molecular formula is C11H23N. The van der Waals surface area contributed by atoms with E-state index in [0.717, 1.165) is 12.0 Å². The van der Waals surface area contributed by atoms with Crippen molar-refractivity contribution in [1.29, 1.82) is 0 Å². The van der Waals surface area contributed by atoms with Crippen molar-refractivity contribution in [3.63, 3.8) is 0 Å². The SMILES string of the molecule is C[C@H]1CC(CC(C)(C)C)N(C)C1. The summed E-state index contributed by atoms with van der Waals surface area (Å²) in [6.07, 6.45) is 2.74. The van der Waals surface area contributed by atoms with E-state index in [9.17, 15) is 0 Å². The Labute approximate surface area is 77.1 Å². The Balaban J connectivity index is 2.43. The maximum atomic E-state index is 2.52. The lowest BCUT2D eigenvalue weighted by molar-refractivity contribution is 0.223. The lowest BCUT2D eigenvalue weighted by Crippen LogP contribution is -2.29. The summed E-state index contributed by atoms with van der Waals surface area (Å²) in [7, 11) is 2.26. The molecule has 1 saturated heterocycles. The van der Waals surface area contributed by atoms with Gasteiger partial charge in [-0.05, 0) is 31.2 Å². The van der Waals surface area contributed by atoms with Crippen LogP contribution in [0.3, 0.4) is 0 Å². The van der Waals surface area contributed by atoms with Gasteiger partial charge in [-0.3, -0.25) is 0 Å². The zero-order valence-electron chi connectivity index (χ0n) is 9.22. The van der Waals surface area contributed by atoms with E-state index in [0.29, 0.717) is 5.41 Å². The summed E-state index contributed by atoms with van der Waals surface area (Å²) < 4.78 is 0. The normalized spacial score (nSPS) is 32.8. The third kappa shape index (κ3) is 2.78. The quantitative estimate of drug-likeness (QED) is 0.583. The van der Waals surface area contributed by atoms with Crippen molar-refractivity contribution in [3.05, 3.63) is 0 Å². The first-order valence-electron chi connectivity index (χ1n) is 5.09. The van der Waals surface area contributed by atoms with Crippen LogP contribution in [-0.2, 0) is 0 Å². The molecule has 1 rings (SSSR count). The second-order valence-corrected chi connectivity index (χ2v) is 5.70. The van der Waals surface area contributed by atoms with E-state index < -0.39 is 0 Å². The molecule has 0 saturated carbocycles. The number of likely N-dealkylation sites (tertiary alicyclic amines) is 1. The van der Waals surface area contributed by atoms with Gasteiger partial charge in [-0.15, -0.1) is 0 Å². The van der Waals surface area contributed by atoms with Gasteiger partial charge in [0.2, 0.25) is 0 Å². The molecule has 0 aromatic heterocycles. The van der Waals surface area contributed by atoms with Gasteiger partial charge in [-0.2, -0.15) is 0 Å². The molecule has 2 atom stereocenters. The third-order valence-electron chi connectivity index (χ3n) is 2.75. The first kappa shape index (κ1) is 10.0. The van der Waals surface area contributed by atoms with Gasteiger partial charge in [-0.1, -0.05) is 27.7 Å². The molecular weight excluding hydrogens is 146 g/mol. The molecule has 1 aliphatic heterocycles. The highest BCUT2D eigenvalue weighted by atomic mass is 15.2. The van der Waals surface area contributed by atoms with Crippen molar-refractivity contribution in [2.24, 2.45) is 11.3 Å². The van der Waals surface area contributed by atoms with E-state index >= 15 is 0 Å². The smallest absolute Gasteiger partial charge is 0.0100 e. The van der Waals surface area contributed by atoms with Gasteiger partial charge in [-0.25, -0.2) is 0 Å². The summed E-state index contributed by atoms with van der Waals surface area (Å²) >= 11 is 0. The van der Waals surface area contributed by atoms with Crippen LogP contribution in [0.1, 0.15) is 40.5 Å². The van der Waals surface area contributed by atoms with Gasteiger partial charge >= 0.3 is 0 Å². The summed E-state index contributed by atoms with van der Waals surface area (Å²) in [6, 6.07) is 0.833. The monoisotopic (exact) mass is 169 g/mol. The minimum absolute atomic E-state index is 0.489. The van der Waals surface area contributed by atoms with E-state index in [1.807, 2.05) is 0 Å². The summed E-state index contributed by atoms with van der Waals surface area (Å²) in [5, 5.41) is 0. The molecule has 0 radical (unpaired) electrons. The predicted octanol–water partition coefficient (Wildman–Crippen LogP) is 2.76. The van der Waals surface area contributed by atoms with Gasteiger partial charge in [0, 0.05) is 12.6 Å². The minimum Gasteiger partial charge on any atom is -0.303 e. The molecule has 1 heteroatoms. The van der Waals surface area contributed by atoms with Crippen molar-refractivity contribution in [2.75, 3.05) is 13.6 Å². The van der Waals surface area contributed by atoms with Gasteiger partial charge in [0.25, 0.3) is 0 Å². The van der Waals surface area contributed by atoms with Crippen LogP contribution in [0, 0.1) is 11.3 Å². The van der Waals surface area contributed by atoms with E-state index in [-0.39, 0.29) is 0 Å². The van der Waals surface area contributed by atoms with E-state index in [1.165, 1.54) is 19.4 Å². The first-order chi connectivity index (χ1) is 5.38. The van der Waals surface area contributed by atoms with Crippen LogP contribution in [0.25, 0.3) is 0 Å². The van der Waals surface area contributed by atoms with Gasteiger partial charge in [0.05, 0.1) is 0 Å². The highest BCUT2D eigenvalue weighted by Crippen LogP contribution is 2.30. The maximum Gasteiger partial charge on any atom is 0.0100 e. The fourth-order valence-electron chi connectivity index (χ4n) is 2.31. The highest BCUT2D eigenvalue weighted by molar-refractivity contribution is 4.84. The van der Waals surface area contributed by atoms with Crippen LogP contribution < -0.4 is 0 Å². The van der Waals surface area contributed by atoms with Crippen LogP contribution in [0.2, 0.25) is 0 Å². The molecule has 1 nitrogen and oxygen atoms in total. The number of hydrogen-bond acceptors (Lipinski definition) is 1. The topological polar surface area (TPSA) is 3.24 Å². The second kappa shape index (κ2) is 3.37. The average molecular weight is 169 g/mol. The predicted molar refractivity (Wildman–Crippen MR) is 54.3 cm³/mol. The summed E-state index contributed by atoms with van der Waals surface area (Å²) in [6.45, 7) is 10.7. The summed E-state index contributed by atoms with van der Waals surface area (Å²) in [5.74, 6) is 0.905. The largest absolute Gasteiger partial charge is 0.303 e. The maximum absolute atomic E-state index is 2.52. The summed E-state index contributed by atoms with van der Waals surface area (Å²) in [4.78, 5) is 2.52. The molecule has 1 aliphatic rings. The molecule has 0 aliphatic carbocycles. The van der Waals surface area contributed by atoms with Gasteiger partial charge in [0.1, 0.15) is 0 Å². The number of rotatable bonds is 1. The Morgan fingerprint density at radius 3 is 2.25 bits per heavy atom. The number of nitrogens with zero attached hydrogens (tertiary/aromatic N) is 1. The zero-order chi connectivity index (χ0) is 9.35. The number of hydrogen-bond donors (Lipinski definition) is 0. The minimum atomic E-state index is 0.489. The molecule has 0 aromatic carbocycles. The van der Waals surface area contributed by atoms with Crippen LogP contribution in [-0.4, -0.2) is 24.5 Å². The lowest BCUT2D eigenvalue weighted by Gasteiger charge is -2.27. The molecule has 1 unspecified atom stereocenters. The van der Waals surface area contributed by atoms with Gasteiger partial charge in [0.15, 0.2) is 0 Å². The van der Waals surface area contributed by atoms with Crippen molar-refractivity contribution < 1.29 is 0 Å². The fourth-order valence-corrected chi connectivity index (χ4v) is 2.31. The van der Waals surface area contributed by atoms with Crippen molar-refractivity contribution in [3.8, 4) is 0 Å². The van der Waals surface area contributed by atoms with Crippen molar-refractivity contribution >= 4 is 0 Å². The standard InChI is InChI=1S/C11H23N/c1-9-6-10(12(5)8-9)7-11(2,3)4/h9-10H,6-8H2,1-5H3/t9-,10?/m0/s1. The van der Waals surface area contributed by atoms with E-state index in [1.54, 1.807) is 0 Å². The molecule has 72 valence electrons. The van der Waals surface area contributed by atoms with Crippen LogP contribution in [0.5, 0.6) is 0 Å². The summed E-state index contributed by atoms with van der Waals surface area (Å²) in [5.41, 5.74) is 0.489. The average Bonchev–Trinajstić information content (AvgIpc) is 2.06. The molecule has 1 fully saturated rings. The molecule has 0 aromatic rings. The van der Waals surface area contributed by atoms with E-state index in [2.05, 4.69) is 39.6 Å². The molecule has 1 heterocycles. The Hall–Kier alpha value is -0.0400. The van der Waals surface area contributed by atoms with Gasteiger partial charge < -0.3 is 4.90 Å². The zero-order valence-corrected chi connectivity index (χ0v) is 9.22. The van der Waals surface area contributed by atoms with E-state index in [4.69, 9.17) is 0 Å². The molecule has 0 N–H and O–H groups in total. The lowest BCUT2D eigenvalue weighted by atomic mass is 9.86. The molecule has 0 spiro atoms. The first-order valence-corrected chi connectivity index (χ1v) is 5.09. The molecule has 12 heavy (non-hydrogen) atoms. The Bertz CT molecular complexity index is 146. The van der Waals surface area contributed by atoms with Crippen LogP contribution >= 0.6 is 0 Å². The van der Waals surface area contributed by atoms with Crippen LogP contribution in [0.15, 0.2) is 0 Å².